The largest absolute Gasteiger partial charge is 0.361 e. The highest BCUT2D eigenvalue weighted by Crippen LogP contribution is 2.37. The van der Waals surface area contributed by atoms with E-state index in [1.807, 2.05) is 0 Å². The van der Waals surface area contributed by atoms with Gasteiger partial charge in [-0.2, -0.15) is 0 Å². The third-order valence-corrected chi connectivity index (χ3v) is 5.10. The number of hydrogen-bond acceptors (Lipinski definition) is 4. The van der Waals surface area contributed by atoms with Crippen LogP contribution in [0.1, 0.15) is 64.7 Å². The van der Waals surface area contributed by atoms with Crippen LogP contribution in [0.2, 0.25) is 0 Å². The maximum atomic E-state index is 5.99. The molecule has 2 aliphatic heterocycles. The number of guanidine groups is 1. The van der Waals surface area contributed by atoms with Gasteiger partial charge in [-0.25, -0.2) is 0 Å². The SMILES string of the molecule is CCCCCCCCCCOCN1C2=NCCCN2c2ccccc21. The Bertz CT molecular complexity index is 558. The fraction of sp³-hybridized carbons (Fsp3) is 0.667. The molecule has 25 heavy (non-hydrogen) atoms. The summed E-state index contributed by atoms with van der Waals surface area (Å²) in [5.74, 6) is 1.07. The Morgan fingerprint density at radius 1 is 0.960 bits per heavy atom. The van der Waals surface area contributed by atoms with Gasteiger partial charge < -0.3 is 9.64 Å². The number of hydrogen-bond donors (Lipinski definition) is 0. The van der Waals surface area contributed by atoms with Crippen LogP contribution in [0.4, 0.5) is 11.4 Å². The van der Waals surface area contributed by atoms with E-state index in [0.29, 0.717) is 6.73 Å². The van der Waals surface area contributed by atoms with Gasteiger partial charge in [-0.05, 0) is 25.0 Å². The lowest BCUT2D eigenvalue weighted by molar-refractivity contribution is 0.137. The molecule has 1 aromatic carbocycles. The summed E-state index contributed by atoms with van der Waals surface area (Å²) in [4.78, 5) is 9.31. The molecular formula is C21H33N3O. The molecule has 3 rings (SSSR count). The molecule has 2 heterocycles. The summed E-state index contributed by atoms with van der Waals surface area (Å²) in [7, 11) is 0. The van der Waals surface area contributed by atoms with Gasteiger partial charge in [0.1, 0.15) is 6.73 Å². The molecule has 0 amide bonds. The molecule has 0 aliphatic carbocycles. The average Bonchev–Trinajstić information content (AvgIpc) is 2.97. The molecule has 0 aromatic heterocycles. The smallest absolute Gasteiger partial charge is 0.207 e. The monoisotopic (exact) mass is 343 g/mol. The number of fused-ring (bicyclic) bond motifs is 3. The van der Waals surface area contributed by atoms with Crippen molar-refractivity contribution in [3.63, 3.8) is 0 Å². The van der Waals surface area contributed by atoms with Crippen LogP contribution in [0.3, 0.4) is 0 Å². The zero-order chi connectivity index (χ0) is 17.3. The highest BCUT2D eigenvalue weighted by atomic mass is 16.5. The Labute approximate surface area is 152 Å². The normalized spacial score (nSPS) is 16.0. The Hall–Kier alpha value is -1.55. The van der Waals surface area contributed by atoms with E-state index in [1.54, 1.807) is 0 Å². The number of unbranched alkanes of at least 4 members (excludes halogenated alkanes) is 7. The van der Waals surface area contributed by atoms with Gasteiger partial charge in [0.15, 0.2) is 0 Å². The molecular weight excluding hydrogens is 310 g/mol. The zero-order valence-electron chi connectivity index (χ0n) is 15.8. The Morgan fingerprint density at radius 2 is 1.68 bits per heavy atom. The highest BCUT2D eigenvalue weighted by Gasteiger charge is 2.33. The number of aliphatic imine (C=N–C) groups is 1. The molecule has 0 fully saturated rings. The van der Waals surface area contributed by atoms with Crippen molar-refractivity contribution in [2.24, 2.45) is 4.99 Å². The average molecular weight is 344 g/mol. The first-order valence-electron chi connectivity index (χ1n) is 10.2. The first kappa shape index (κ1) is 18.2. The second-order valence-corrected chi connectivity index (χ2v) is 7.12. The summed E-state index contributed by atoms with van der Waals surface area (Å²) in [5.41, 5.74) is 2.51. The fourth-order valence-electron chi connectivity index (χ4n) is 3.70. The maximum absolute atomic E-state index is 5.99. The number of nitrogens with zero attached hydrogens (tertiary/aromatic N) is 3. The zero-order valence-corrected chi connectivity index (χ0v) is 15.8. The van der Waals surface area contributed by atoms with Crippen LogP contribution in [-0.4, -0.2) is 32.4 Å². The summed E-state index contributed by atoms with van der Waals surface area (Å²) in [6, 6.07) is 8.57. The summed E-state index contributed by atoms with van der Waals surface area (Å²) in [5, 5.41) is 0. The van der Waals surface area contributed by atoms with Crippen molar-refractivity contribution in [1.82, 2.24) is 0 Å². The highest BCUT2D eigenvalue weighted by molar-refractivity contribution is 6.16. The minimum Gasteiger partial charge on any atom is -0.361 e. The van der Waals surface area contributed by atoms with E-state index < -0.39 is 0 Å². The summed E-state index contributed by atoms with van der Waals surface area (Å²) in [6.07, 6.45) is 11.8. The molecule has 4 heteroatoms. The van der Waals surface area contributed by atoms with Crippen LogP contribution in [0, 0.1) is 0 Å². The molecule has 0 radical (unpaired) electrons. The minimum absolute atomic E-state index is 0.614. The molecule has 2 aliphatic rings. The van der Waals surface area contributed by atoms with Crippen molar-refractivity contribution in [2.45, 2.75) is 64.7 Å². The molecule has 0 atom stereocenters. The number of anilines is 2. The standard InChI is InChI=1S/C21H33N3O/c1-2-3-4-5-6-7-8-11-17-25-18-24-20-14-10-9-13-19(20)23-16-12-15-22-21(23)24/h9-10,13-14H,2-8,11-12,15-18H2,1H3. The predicted octanol–water partition coefficient (Wildman–Crippen LogP) is 5.19. The van der Waals surface area contributed by atoms with Gasteiger partial charge in [0.05, 0.1) is 11.4 Å². The van der Waals surface area contributed by atoms with E-state index >= 15 is 0 Å². The van der Waals surface area contributed by atoms with Gasteiger partial charge >= 0.3 is 0 Å². The molecule has 4 nitrogen and oxygen atoms in total. The molecule has 1 aromatic rings. The van der Waals surface area contributed by atoms with Crippen LogP contribution in [-0.2, 0) is 4.74 Å². The van der Waals surface area contributed by atoms with Crippen molar-refractivity contribution in [2.75, 3.05) is 36.2 Å². The third-order valence-electron chi connectivity index (χ3n) is 5.10. The van der Waals surface area contributed by atoms with Gasteiger partial charge in [-0.1, -0.05) is 64.0 Å². The van der Waals surface area contributed by atoms with Crippen molar-refractivity contribution >= 4 is 17.3 Å². The lowest BCUT2D eigenvalue weighted by Crippen LogP contribution is -2.42. The summed E-state index contributed by atoms with van der Waals surface area (Å²) < 4.78 is 5.99. The van der Waals surface area contributed by atoms with Crippen molar-refractivity contribution in [3.8, 4) is 0 Å². The molecule has 0 saturated heterocycles. The van der Waals surface area contributed by atoms with Crippen LogP contribution >= 0.6 is 0 Å². The van der Waals surface area contributed by atoms with Crippen LogP contribution in [0.15, 0.2) is 29.3 Å². The number of ether oxygens (including phenoxy) is 1. The van der Waals surface area contributed by atoms with Crippen molar-refractivity contribution in [3.05, 3.63) is 24.3 Å². The van der Waals surface area contributed by atoms with Gasteiger partial charge in [0.2, 0.25) is 5.96 Å². The van der Waals surface area contributed by atoms with Gasteiger partial charge in [0, 0.05) is 19.7 Å². The molecule has 138 valence electrons. The van der Waals surface area contributed by atoms with E-state index in [2.05, 4.69) is 41.0 Å². The Morgan fingerprint density at radius 3 is 2.48 bits per heavy atom. The molecule has 0 N–H and O–H groups in total. The fourth-order valence-corrected chi connectivity index (χ4v) is 3.70. The second kappa shape index (κ2) is 9.81. The second-order valence-electron chi connectivity index (χ2n) is 7.12. The minimum atomic E-state index is 0.614. The van der Waals surface area contributed by atoms with E-state index in [9.17, 15) is 0 Å². The molecule has 0 saturated carbocycles. The maximum Gasteiger partial charge on any atom is 0.207 e. The van der Waals surface area contributed by atoms with Crippen LogP contribution in [0.5, 0.6) is 0 Å². The van der Waals surface area contributed by atoms with Crippen LogP contribution < -0.4 is 9.80 Å². The molecule has 0 spiro atoms. The number of benzene rings is 1. The van der Waals surface area contributed by atoms with E-state index in [0.717, 1.165) is 32.1 Å². The van der Waals surface area contributed by atoms with Gasteiger partial charge in [0.25, 0.3) is 0 Å². The third kappa shape index (κ3) is 4.75. The predicted molar refractivity (Wildman–Crippen MR) is 107 cm³/mol. The van der Waals surface area contributed by atoms with Gasteiger partial charge in [-0.15, -0.1) is 0 Å². The Kier molecular flexibility index (Phi) is 7.16. The van der Waals surface area contributed by atoms with Crippen LogP contribution in [0.25, 0.3) is 0 Å². The lowest BCUT2D eigenvalue weighted by Gasteiger charge is -2.26. The lowest BCUT2D eigenvalue weighted by atomic mass is 10.1. The number of para-hydroxylation sites is 2. The quantitative estimate of drug-likeness (QED) is 0.518. The van der Waals surface area contributed by atoms with Gasteiger partial charge in [-0.3, -0.25) is 9.89 Å². The van der Waals surface area contributed by atoms with E-state index in [1.165, 1.54) is 62.7 Å². The molecule has 0 bridgehead atoms. The first-order valence-corrected chi connectivity index (χ1v) is 10.2. The number of rotatable bonds is 11. The topological polar surface area (TPSA) is 28.1 Å². The van der Waals surface area contributed by atoms with Crippen molar-refractivity contribution < 1.29 is 4.74 Å². The Balaban J connectivity index is 1.38. The van der Waals surface area contributed by atoms with E-state index in [4.69, 9.17) is 9.73 Å². The summed E-state index contributed by atoms with van der Waals surface area (Å²) >= 11 is 0. The van der Waals surface area contributed by atoms with Crippen molar-refractivity contribution in [1.29, 1.82) is 0 Å². The first-order chi connectivity index (χ1) is 12.4. The summed E-state index contributed by atoms with van der Waals surface area (Å²) in [6.45, 7) is 5.72. The van der Waals surface area contributed by atoms with E-state index in [-0.39, 0.29) is 0 Å². The molecule has 0 unspecified atom stereocenters.